The quantitative estimate of drug-likeness (QED) is 0.809. The number of thiophene rings is 1. The van der Waals surface area contributed by atoms with Crippen molar-refractivity contribution in [1.82, 2.24) is 10.3 Å². The molecule has 2 N–H and O–H groups in total. The van der Waals surface area contributed by atoms with Gasteiger partial charge < -0.3 is 5.32 Å². The molecule has 2 aromatic rings. The zero-order valence-corrected chi connectivity index (χ0v) is 14.7. The van der Waals surface area contributed by atoms with Crippen LogP contribution in [0.25, 0.3) is 0 Å². The molecule has 0 aliphatic heterocycles. The minimum atomic E-state index is -3.53. The van der Waals surface area contributed by atoms with Crippen LogP contribution in [0.4, 0.5) is 5.13 Å². The Kier molecular flexibility index (Phi) is 5.37. The highest BCUT2D eigenvalue weighted by Crippen LogP contribution is 2.27. The van der Waals surface area contributed by atoms with Crippen molar-refractivity contribution in [2.45, 2.75) is 30.4 Å². The van der Waals surface area contributed by atoms with Crippen molar-refractivity contribution < 1.29 is 8.42 Å². The number of likely N-dealkylation sites (N-methyl/N-ethyl adjacent to an activating group) is 1. The number of rotatable bonds is 7. The largest absolute Gasteiger partial charge is 0.319 e. The summed E-state index contributed by atoms with van der Waals surface area (Å²) in [7, 11) is -1.66. The number of sulfonamides is 1. The SMILES string of the molecule is CNCCc1ccc(S(=O)(=O)Nc2nc(C(C)C)cs2)s1. The smallest absolute Gasteiger partial charge is 0.273 e. The minimum Gasteiger partial charge on any atom is -0.319 e. The molecular formula is C13H19N3O2S3. The first-order chi connectivity index (χ1) is 9.92. The van der Waals surface area contributed by atoms with E-state index < -0.39 is 10.0 Å². The summed E-state index contributed by atoms with van der Waals surface area (Å²) in [6, 6.07) is 3.51. The standard InChI is InChI=1S/C13H19N3O2S3/c1-9(2)11-8-19-13(15-11)16-21(17,18)12-5-4-10(20-12)6-7-14-3/h4-5,8-9,14H,6-7H2,1-3H3,(H,15,16). The van der Waals surface area contributed by atoms with E-state index in [-0.39, 0.29) is 5.92 Å². The molecule has 0 aliphatic carbocycles. The van der Waals surface area contributed by atoms with E-state index in [1.54, 1.807) is 6.07 Å². The topological polar surface area (TPSA) is 71.1 Å². The molecule has 0 saturated carbocycles. The number of hydrogen-bond donors (Lipinski definition) is 2. The van der Waals surface area contributed by atoms with Crippen LogP contribution in [0.5, 0.6) is 0 Å². The van der Waals surface area contributed by atoms with Crippen LogP contribution in [-0.4, -0.2) is 27.0 Å². The fourth-order valence-corrected chi connectivity index (χ4v) is 5.13. The Labute approximate surface area is 133 Å². The molecule has 2 heterocycles. The molecule has 0 fully saturated rings. The maximum absolute atomic E-state index is 12.3. The van der Waals surface area contributed by atoms with Gasteiger partial charge in [0, 0.05) is 10.3 Å². The Bertz CT molecular complexity index is 689. The fraction of sp³-hybridized carbons (Fsp3) is 0.462. The zero-order chi connectivity index (χ0) is 15.5. The maximum Gasteiger partial charge on any atom is 0.273 e. The van der Waals surface area contributed by atoms with Crippen LogP contribution < -0.4 is 10.0 Å². The summed E-state index contributed by atoms with van der Waals surface area (Å²) in [6.07, 6.45) is 0.825. The molecule has 0 saturated heterocycles. The van der Waals surface area contributed by atoms with Gasteiger partial charge in [0.1, 0.15) is 4.21 Å². The van der Waals surface area contributed by atoms with Gasteiger partial charge in [0.25, 0.3) is 10.0 Å². The molecule has 21 heavy (non-hydrogen) atoms. The first-order valence-electron chi connectivity index (χ1n) is 6.64. The summed E-state index contributed by atoms with van der Waals surface area (Å²) < 4.78 is 27.5. The number of aromatic nitrogens is 1. The molecule has 5 nitrogen and oxygen atoms in total. The van der Waals surface area contributed by atoms with Crippen molar-refractivity contribution in [3.63, 3.8) is 0 Å². The lowest BCUT2D eigenvalue weighted by Gasteiger charge is -2.02. The lowest BCUT2D eigenvalue weighted by atomic mass is 10.2. The van der Waals surface area contributed by atoms with E-state index in [9.17, 15) is 8.42 Å². The van der Waals surface area contributed by atoms with Crippen molar-refractivity contribution in [2.24, 2.45) is 0 Å². The highest BCUT2D eigenvalue weighted by molar-refractivity contribution is 7.94. The Balaban J connectivity index is 2.11. The van der Waals surface area contributed by atoms with Gasteiger partial charge in [-0.3, -0.25) is 4.72 Å². The number of thiazole rings is 1. The van der Waals surface area contributed by atoms with E-state index >= 15 is 0 Å². The van der Waals surface area contributed by atoms with E-state index in [0.29, 0.717) is 9.34 Å². The summed E-state index contributed by atoms with van der Waals surface area (Å²) in [6.45, 7) is 4.89. The molecule has 2 rings (SSSR count). The van der Waals surface area contributed by atoms with Crippen LogP contribution in [0.15, 0.2) is 21.7 Å². The number of anilines is 1. The summed E-state index contributed by atoms with van der Waals surface area (Å²) in [5.74, 6) is 0.286. The van der Waals surface area contributed by atoms with Crippen LogP contribution in [0, 0.1) is 0 Å². The summed E-state index contributed by atoms with van der Waals surface area (Å²) in [4.78, 5) is 5.35. The second-order valence-corrected chi connectivity index (χ2v) is 8.85. The molecule has 116 valence electrons. The Hall–Kier alpha value is -0.960. The first-order valence-corrected chi connectivity index (χ1v) is 9.82. The molecule has 0 unspecified atom stereocenters. The monoisotopic (exact) mass is 345 g/mol. The molecule has 2 aromatic heterocycles. The van der Waals surface area contributed by atoms with Crippen LogP contribution in [0.2, 0.25) is 0 Å². The highest BCUT2D eigenvalue weighted by atomic mass is 32.2. The lowest BCUT2D eigenvalue weighted by molar-refractivity contribution is 0.603. The van der Waals surface area contributed by atoms with Crippen molar-refractivity contribution in [3.8, 4) is 0 Å². The summed E-state index contributed by atoms with van der Waals surface area (Å²) in [5.41, 5.74) is 0.901. The molecule has 0 aromatic carbocycles. The van der Waals surface area contributed by atoms with Gasteiger partial charge in [-0.2, -0.15) is 0 Å². The lowest BCUT2D eigenvalue weighted by Crippen LogP contribution is -2.11. The van der Waals surface area contributed by atoms with E-state index in [4.69, 9.17) is 0 Å². The second kappa shape index (κ2) is 6.87. The van der Waals surface area contributed by atoms with Gasteiger partial charge in [-0.1, -0.05) is 13.8 Å². The number of hydrogen-bond acceptors (Lipinski definition) is 6. The van der Waals surface area contributed by atoms with Gasteiger partial charge in [-0.05, 0) is 38.1 Å². The van der Waals surface area contributed by atoms with E-state index in [1.807, 2.05) is 32.3 Å². The first kappa shape index (κ1) is 16.4. The fourth-order valence-electron chi connectivity index (χ4n) is 1.65. The highest BCUT2D eigenvalue weighted by Gasteiger charge is 2.19. The van der Waals surface area contributed by atoms with E-state index in [0.717, 1.165) is 23.5 Å². The average molecular weight is 346 g/mol. The summed E-state index contributed by atoms with van der Waals surface area (Å²) >= 11 is 2.61. The molecule has 0 aliphatic rings. The van der Waals surface area contributed by atoms with Gasteiger partial charge in [0.15, 0.2) is 5.13 Å². The molecule has 0 bridgehead atoms. The summed E-state index contributed by atoms with van der Waals surface area (Å²) in [5, 5.41) is 5.36. The minimum absolute atomic E-state index is 0.286. The van der Waals surface area contributed by atoms with Gasteiger partial charge in [-0.15, -0.1) is 22.7 Å². The number of nitrogens with one attached hydrogen (secondary N) is 2. The predicted octanol–water partition coefficient (Wildman–Crippen LogP) is 2.89. The van der Waals surface area contributed by atoms with Gasteiger partial charge in [0.2, 0.25) is 0 Å². The van der Waals surface area contributed by atoms with Crippen molar-refractivity contribution in [3.05, 3.63) is 28.1 Å². The van der Waals surface area contributed by atoms with Crippen LogP contribution in [0.1, 0.15) is 30.3 Å². The average Bonchev–Trinajstić information content (AvgIpc) is 3.04. The predicted molar refractivity (Wildman–Crippen MR) is 89.0 cm³/mol. The normalized spacial score (nSPS) is 12.0. The molecule has 8 heteroatoms. The van der Waals surface area contributed by atoms with Crippen LogP contribution in [0.3, 0.4) is 0 Å². The van der Waals surface area contributed by atoms with E-state index in [1.165, 1.54) is 22.7 Å². The van der Waals surface area contributed by atoms with Crippen LogP contribution in [-0.2, 0) is 16.4 Å². The Morgan fingerprint density at radius 1 is 1.33 bits per heavy atom. The third kappa shape index (κ3) is 4.26. The molecule has 0 atom stereocenters. The third-order valence-electron chi connectivity index (χ3n) is 2.86. The van der Waals surface area contributed by atoms with Gasteiger partial charge >= 0.3 is 0 Å². The van der Waals surface area contributed by atoms with Crippen LogP contribution >= 0.6 is 22.7 Å². The van der Waals surface area contributed by atoms with Gasteiger partial charge in [0.05, 0.1) is 5.69 Å². The van der Waals surface area contributed by atoms with Crippen molar-refractivity contribution in [2.75, 3.05) is 18.3 Å². The van der Waals surface area contributed by atoms with E-state index in [2.05, 4.69) is 15.0 Å². The second-order valence-electron chi connectivity index (χ2n) is 4.91. The maximum atomic E-state index is 12.3. The Morgan fingerprint density at radius 2 is 2.10 bits per heavy atom. The number of nitrogens with zero attached hydrogens (tertiary/aromatic N) is 1. The molecule has 0 amide bonds. The Morgan fingerprint density at radius 3 is 2.71 bits per heavy atom. The zero-order valence-electron chi connectivity index (χ0n) is 12.2. The van der Waals surface area contributed by atoms with Crippen molar-refractivity contribution in [1.29, 1.82) is 0 Å². The van der Waals surface area contributed by atoms with Gasteiger partial charge in [-0.25, -0.2) is 13.4 Å². The van der Waals surface area contributed by atoms with Crippen molar-refractivity contribution >= 4 is 37.8 Å². The molecule has 0 radical (unpaired) electrons. The third-order valence-corrected chi connectivity index (χ3v) is 6.74. The molecular weight excluding hydrogens is 326 g/mol. The molecule has 0 spiro atoms.